The van der Waals surface area contributed by atoms with Gasteiger partial charge in [-0.3, -0.25) is 10.1 Å². The SMILES string of the molecule is CCC1(Oc2cc(Oc3cnc(C(=O)O)cn3)cc(C(=O)NC([NH3+])C=CNC)c2)CC1. The van der Waals surface area contributed by atoms with Crippen LogP contribution in [-0.4, -0.2) is 45.8 Å². The minimum Gasteiger partial charge on any atom is -0.487 e. The first-order chi connectivity index (χ1) is 14.8. The molecule has 1 aliphatic carbocycles. The highest BCUT2D eigenvalue weighted by atomic mass is 16.5. The second kappa shape index (κ2) is 9.43. The first kappa shape index (κ1) is 22.0. The Hall–Kier alpha value is -3.66. The maximum Gasteiger partial charge on any atom is 0.356 e. The van der Waals surface area contributed by atoms with Crippen molar-refractivity contribution in [3.63, 3.8) is 0 Å². The van der Waals surface area contributed by atoms with Gasteiger partial charge in [-0.05, 0) is 31.4 Å². The summed E-state index contributed by atoms with van der Waals surface area (Å²) in [5.74, 6) is -0.610. The summed E-state index contributed by atoms with van der Waals surface area (Å²) in [6, 6.07) is 4.88. The van der Waals surface area contributed by atoms with Crippen molar-refractivity contribution in [1.29, 1.82) is 0 Å². The number of rotatable bonds is 10. The largest absolute Gasteiger partial charge is 0.487 e. The Morgan fingerprint density at radius 1 is 1.26 bits per heavy atom. The number of aromatic carboxylic acids is 1. The number of nitrogens with zero attached hydrogens (tertiary/aromatic N) is 2. The molecule has 10 nitrogen and oxygen atoms in total. The van der Waals surface area contributed by atoms with E-state index in [1.807, 2.05) is 0 Å². The van der Waals surface area contributed by atoms with Gasteiger partial charge in [0.25, 0.3) is 5.91 Å². The average Bonchev–Trinajstić information content (AvgIpc) is 3.52. The van der Waals surface area contributed by atoms with Crippen LogP contribution in [0.25, 0.3) is 0 Å². The number of ether oxygens (including phenoxy) is 2. The number of quaternary nitrogens is 1. The lowest BCUT2D eigenvalue weighted by atomic mass is 10.1. The van der Waals surface area contributed by atoms with Crippen LogP contribution in [0.2, 0.25) is 0 Å². The maximum atomic E-state index is 12.7. The molecule has 1 aliphatic rings. The summed E-state index contributed by atoms with van der Waals surface area (Å²) >= 11 is 0. The Kier molecular flexibility index (Phi) is 6.71. The van der Waals surface area contributed by atoms with E-state index in [0.717, 1.165) is 25.5 Å². The molecule has 6 N–H and O–H groups in total. The quantitative estimate of drug-likeness (QED) is 0.414. The Morgan fingerprint density at radius 3 is 2.58 bits per heavy atom. The van der Waals surface area contributed by atoms with Gasteiger partial charge < -0.3 is 25.6 Å². The number of carboxylic acids is 1. The number of amides is 1. The number of carbonyl (C=O) groups is 2. The zero-order chi connectivity index (χ0) is 22.4. The van der Waals surface area contributed by atoms with Crippen molar-refractivity contribution in [2.75, 3.05) is 7.05 Å². The lowest BCUT2D eigenvalue weighted by molar-refractivity contribution is -0.408. The summed E-state index contributed by atoms with van der Waals surface area (Å²) in [5, 5.41) is 14.6. The number of hydrogen-bond acceptors (Lipinski definition) is 7. The Morgan fingerprint density at radius 2 is 2.00 bits per heavy atom. The van der Waals surface area contributed by atoms with E-state index in [0.29, 0.717) is 17.1 Å². The molecule has 1 unspecified atom stereocenters. The fraction of sp³-hybridized carbons (Fsp3) is 0.333. The van der Waals surface area contributed by atoms with Crippen molar-refractivity contribution < 1.29 is 29.9 Å². The fourth-order valence-electron chi connectivity index (χ4n) is 2.85. The summed E-state index contributed by atoms with van der Waals surface area (Å²) in [5.41, 5.74) is 3.80. The molecule has 1 amide bonds. The predicted molar refractivity (Wildman–Crippen MR) is 111 cm³/mol. The number of aromatic nitrogens is 2. The Labute approximate surface area is 179 Å². The molecular formula is C21H26N5O5+. The molecule has 1 fully saturated rings. The van der Waals surface area contributed by atoms with E-state index in [9.17, 15) is 9.59 Å². The van der Waals surface area contributed by atoms with Gasteiger partial charge in [-0.1, -0.05) is 6.92 Å². The van der Waals surface area contributed by atoms with Crippen LogP contribution < -0.4 is 25.8 Å². The van der Waals surface area contributed by atoms with E-state index in [1.165, 1.54) is 6.20 Å². The zero-order valence-corrected chi connectivity index (χ0v) is 17.4. The van der Waals surface area contributed by atoms with Gasteiger partial charge in [-0.25, -0.2) is 14.8 Å². The van der Waals surface area contributed by atoms with Crippen molar-refractivity contribution in [3.05, 3.63) is 54.1 Å². The smallest absolute Gasteiger partial charge is 0.356 e. The summed E-state index contributed by atoms with van der Waals surface area (Å²) in [6.45, 7) is 2.06. The van der Waals surface area contributed by atoms with Gasteiger partial charge in [0.15, 0.2) is 11.9 Å². The first-order valence-electron chi connectivity index (χ1n) is 9.89. The summed E-state index contributed by atoms with van der Waals surface area (Å²) in [7, 11) is 1.75. The Bertz CT molecular complexity index is 973. The summed E-state index contributed by atoms with van der Waals surface area (Å²) in [6.07, 6.45) is 8.03. The number of carboxylic acid groups (broad SMARTS) is 1. The van der Waals surface area contributed by atoms with Gasteiger partial charge in [0.05, 0.1) is 12.4 Å². The van der Waals surface area contributed by atoms with Gasteiger partial charge in [0, 0.05) is 31.0 Å². The summed E-state index contributed by atoms with van der Waals surface area (Å²) < 4.78 is 11.9. The predicted octanol–water partition coefficient (Wildman–Crippen LogP) is 1.32. The Balaban J connectivity index is 1.84. The summed E-state index contributed by atoms with van der Waals surface area (Å²) in [4.78, 5) is 31.4. The fourth-order valence-corrected chi connectivity index (χ4v) is 2.85. The van der Waals surface area contributed by atoms with Crippen molar-refractivity contribution in [1.82, 2.24) is 20.6 Å². The van der Waals surface area contributed by atoms with Gasteiger partial charge in [-0.15, -0.1) is 0 Å². The van der Waals surface area contributed by atoms with Crippen LogP contribution in [0.5, 0.6) is 17.4 Å². The van der Waals surface area contributed by atoms with Gasteiger partial charge in [-0.2, -0.15) is 0 Å². The van der Waals surface area contributed by atoms with E-state index in [1.54, 1.807) is 37.5 Å². The third-order valence-corrected chi connectivity index (χ3v) is 4.81. The van der Waals surface area contributed by atoms with Crippen LogP contribution in [-0.2, 0) is 0 Å². The minimum atomic E-state index is -1.18. The van der Waals surface area contributed by atoms with Crippen molar-refractivity contribution >= 4 is 11.9 Å². The van der Waals surface area contributed by atoms with Crippen LogP contribution >= 0.6 is 0 Å². The highest BCUT2D eigenvalue weighted by molar-refractivity contribution is 5.95. The highest BCUT2D eigenvalue weighted by Gasteiger charge is 2.43. The molecule has 0 bridgehead atoms. The molecule has 2 aromatic rings. The molecule has 1 heterocycles. The van der Waals surface area contributed by atoms with Crippen molar-refractivity contribution in [2.45, 2.75) is 38.0 Å². The number of nitrogens with one attached hydrogen (secondary N) is 2. The highest BCUT2D eigenvalue weighted by Crippen LogP contribution is 2.43. The third-order valence-electron chi connectivity index (χ3n) is 4.81. The van der Waals surface area contributed by atoms with E-state index >= 15 is 0 Å². The molecule has 1 saturated carbocycles. The lowest BCUT2D eigenvalue weighted by Gasteiger charge is -2.18. The molecule has 0 spiro atoms. The molecule has 1 aromatic heterocycles. The molecule has 31 heavy (non-hydrogen) atoms. The van der Waals surface area contributed by atoms with Crippen LogP contribution in [0.1, 0.15) is 47.0 Å². The molecule has 0 saturated heterocycles. The third kappa shape index (κ3) is 5.92. The van der Waals surface area contributed by atoms with Crippen LogP contribution in [0.15, 0.2) is 42.9 Å². The first-order valence-corrected chi connectivity index (χ1v) is 9.89. The second-order valence-electron chi connectivity index (χ2n) is 7.21. The monoisotopic (exact) mass is 428 g/mol. The topological polar surface area (TPSA) is 150 Å². The molecule has 10 heteroatoms. The lowest BCUT2D eigenvalue weighted by Crippen LogP contribution is -2.68. The number of hydrogen-bond donors (Lipinski definition) is 4. The average molecular weight is 428 g/mol. The molecule has 1 aromatic carbocycles. The second-order valence-corrected chi connectivity index (χ2v) is 7.21. The normalized spacial score (nSPS) is 15.2. The molecular weight excluding hydrogens is 402 g/mol. The number of carbonyl (C=O) groups excluding carboxylic acids is 1. The van der Waals surface area contributed by atoms with E-state index in [-0.39, 0.29) is 23.1 Å². The molecule has 1 atom stereocenters. The molecule has 0 aliphatic heterocycles. The van der Waals surface area contributed by atoms with E-state index < -0.39 is 12.1 Å². The minimum absolute atomic E-state index is 0.0946. The zero-order valence-electron chi connectivity index (χ0n) is 17.4. The van der Waals surface area contributed by atoms with Crippen LogP contribution in [0, 0.1) is 0 Å². The molecule has 164 valence electrons. The molecule has 0 radical (unpaired) electrons. The van der Waals surface area contributed by atoms with Gasteiger partial charge >= 0.3 is 5.97 Å². The van der Waals surface area contributed by atoms with Crippen LogP contribution in [0.3, 0.4) is 0 Å². The van der Waals surface area contributed by atoms with E-state index in [4.69, 9.17) is 14.6 Å². The number of benzene rings is 1. The van der Waals surface area contributed by atoms with Crippen LogP contribution in [0.4, 0.5) is 0 Å². The maximum absolute atomic E-state index is 12.7. The van der Waals surface area contributed by atoms with Gasteiger partial charge in [0.1, 0.15) is 17.1 Å². The standard InChI is InChI=1S/C21H25N5O5/c1-3-21(5-6-21)31-15-9-13(19(27)26-17(22)4-7-23-2)8-14(10-15)30-18-12-24-16(11-25-18)20(28)29/h4,7-12,17,23H,3,5-6,22H2,1-2H3,(H,26,27)(H,28,29)/p+1. The van der Waals surface area contributed by atoms with Gasteiger partial charge in [0.2, 0.25) is 5.88 Å². The van der Waals surface area contributed by atoms with E-state index in [2.05, 4.69) is 33.3 Å². The van der Waals surface area contributed by atoms with Crippen molar-refractivity contribution in [3.8, 4) is 17.4 Å². The molecule has 3 rings (SSSR count). The van der Waals surface area contributed by atoms with Crippen molar-refractivity contribution in [2.24, 2.45) is 0 Å².